The number of tetrazole rings is 1. The summed E-state index contributed by atoms with van der Waals surface area (Å²) >= 11 is 9.04. The molecule has 1 amide bonds. The van der Waals surface area contributed by atoms with E-state index in [4.69, 9.17) is 11.6 Å². The number of rotatable bonds is 2. The zero-order valence-corrected chi connectivity index (χ0v) is 11.0. The van der Waals surface area contributed by atoms with Crippen LogP contribution in [0.1, 0.15) is 10.4 Å². The van der Waals surface area contributed by atoms with Crippen molar-refractivity contribution in [1.82, 2.24) is 20.2 Å². The van der Waals surface area contributed by atoms with Gasteiger partial charge in [0.15, 0.2) is 0 Å². The minimum absolute atomic E-state index is 0.152. The number of nitrogens with one attached hydrogen (secondary N) is 1. The van der Waals surface area contributed by atoms with E-state index in [2.05, 4.69) is 36.7 Å². The second kappa shape index (κ2) is 4.80. The maximum atomic E-state index is 11.9. The van der Waals surface area contributed by atoms with E-state index in [0.717, 1.165) is 0 Å². The van der Waals surface area contributed by atoms with E-state index in [9.17, 15) is 4.79 Å². The van der Waals surface area contributed by atoms with E-state index in [1.807, 2.05) is 0 Å². The van der Waals surface area contributed by atoms with Crippen molar-refractivity contribution in [2.75, 3.05) is 5.32 Å². The molecular weight excluding hydrogens is 309 g/mol. The number of carbonyl (C=O) groups excluding carboxylic acids is 1. The summed E-state index contributed by atoms with van der Waals surface area (Å²) in [6, 6.07) is 4.88. The van der Waals surface area contributed by atoms with Gasteiger partial charge in [0.05, 0.1) is 12.6 Å². The molecule has 0 radical (unpaired) electrons. The number of hydrogen-bond donors (Lipinski definition) is 1. The van der Waals surface area contributed by atoms with Gasteiger partial charge in [-0.3, -0.25) is 10.1 Å². The van der Waals surface area contributed by atoms with Crippen molar-refractivity contribution in [2.45, 2.75) is 0 Å². The standard InChI is InChI=1S/C9H7BrClN5O/c1-16-14-9(13-15-16)12-8(17)6-3-2-5(11)4-7(6)10/h2-4H,1H3,(H,12,14,17). The molecule has 1 heterocycles. The number of hydrogen-bond acceptors (Lipinski definition) is 4. The molecule has 0 bridgehead atoms. The van der Waals surface area contributed by atoms with Crippen LogP contribution in [0.25, 0.3) is 0 Å². The molecule has 0 aliphatic rings. The largest absolute Gasteiger partial charge is 0.288 e. The Labute approximate surface area is 110 Å². The summed E-state index contributed by atoms with van der Waals surface area (Å²) in [5.74, 6) is -0.180. The first-order chi connectivity index (χ1) is 8.06. The highest BCUT2D eigenvalue weighted by atomic mass is 79.9. The highest BCUT2D eigenvalue weighted by molar-refractivity contribution is 9.10. The molecule has 1 aromatic carbocycles. The Morgan fingerprint density at radius 1 is 1.53 bits per heavy atom. The highest BCUT2D eigenvalue weighted by Gasteiger charge is 2.12. The molecule has 88 valence electrons. The third-order valence-electron chi connectivity index (χ3n) is 1.91. The lowest BCUT2D eigenvalue weighted by Gasteiger charge is -2.03. The van der Waals surface area contributed by atoms with Gasteiger partial charge in [-0.1, -0.05) is 16.7 Å². The molecule has 0 aliphatic heterocycles. The van der Waals surface area contributed by atoms with Crippen molar-refractivity contribution in [1.29, 1.82) is 0 Å². The molecule has 0 unspecified atom stereocenters. The zero-order chi connectivity index (χ0) is 12.4. The highest BCUT2D eigenvalue weighted by Crippen LogP contribution is 2.22. The molecule has 1 N–H and O–H groups in total. The normalized spacial score (nSPS) is 10.3. The van der Waals surface area contributed by atoms with Gasteiger partial charge in [-0.05, 0) is 39.3 Å². The van der Waals surface area contributed by atoms with Crippen LogP contribution in [0.2, 0.25) is 5.02 Å². The molecular formula is C9H7BrClN5O. The van der Waals surface area contributed by atoms with E-state index in [1.54, 1.807) is 25.2 Å². The maximum Gasteiger partial charge on any atom is 0.270 e. The molecule has 2 rings (SSSR count). The van der Waals surface area contributed by atoms with Gasteiger partial charge in [-0.15, -0.1) is 5.10 Å². The molecule has 6 nitrogen and oxygen atoms in total. The zero-order valence-electron chi connectivity index (χ0n) is 8.69. The molecule has 17 heavy (non-hydrogen) atoms. The molecule has 0 atom stereocenters. The van der Waals surface area contributed by atoms with E-state index in [-0.39, 0.29) is 11.9 Å². The average molecular weight is 317 g/mol. The summed E-state index contributed by atoms with van der Waals surface area (Å²) in [6.45, 7) is 0. The fraction of sp³-hybridized carbons (Fsp3) is 0.111. The molecule has 0 spiro atoms. The molecule has 0 fully saturated rings. The Hall–Kier alpha value is -1.47. The van der Waals surface area contributed by atoms with Crippen LogP contribution in [0.15, 0.2) is 22.7 Å². The lowest BCUT2D eigenvalue weighted by atomic mass is 10.2. The van der Waals surface area contributed by atoms with Gasteiger partial charge in [-0.25, -0.2) is 0 Å². The van der Waals surface area contributed by atoms with Crippen LogP contribution in [0.5, 0.6) is 0 Å². The first-order valence-electron chi connectivity index (χ1n) is 4.56. The monoisotopic (exact) mass is 315 g/mol. The minimum Gasteiger partial charge on any atom is -0.288 e. The van der Waals surface area contributed by atoms with Crippen LogP contribution in [-0.4, -0.2) is 26.1 Å². The number of benzene rings is 1. The molecule has 0 saturated carbocycles. The van der Waals surface area contributed by atoms with Crippen LogP contribution in [-0.2, 0) is 7.05 Å². The van der Waals surface area contributed by atoms with Gasteiger partial charge in [-0.2, -0.15) is 4.80 Å². The van der Waals surface area contributed by atoms with Gasteiger partial charge < -0.3 is 0 Å². The van der Waals surface area contributed by atoms with Crippen molar-refractivity contribution in [3.05, 3.63) is 33.3 Å². The SMILES string of the molecule is Cn1nnc(NC(=O)c2ccc(Cl)cc2Br)n1. The molecule has 0 aliphatic carbocycles. The second-order valence-corrected chi connectivity index (χ2v) is 4.47. The molecule has 1 aromatic heterocycles. The fourth-order valence-corrected chi connectivity index (χ4v) is 2.04. The molecule has 0 saturated heterocycles. The Kier molecular flexibility index (Phi) is 3.39. The number of amides is 1. The van der Waals surface area contributed by atoms with Crippen LogP contribution in [0.4, 0.5) is 5.95 Å². The number of halogens is 2. The smallest absolute Gasteiger partial charge is 0.270 e. The first kappa shape index (κ1) is 12.0. The quantitative estimate of drug-likeness (QED) is 0.918. The van der Waals surface area contributed by atoms with Gasteiger partial charge in [0, 0.05) is 9.50 Å². The number of anilines is 1. The topological polar surface area (TPSA) is 72.7 Å². The Morgan fingerprint density at radius 2 is 2.29 bits per heavy atom. The summed E-state index contributed by atoms with van der Waals surface area (Å²) in [5, 5.41) is 14.2. The third-order valence-corrected chi connectivity index (χ3v) is 2.80. The van der Waals surface area contributed by atoms with Crippen LogP contribution >= 0.6 is 27.5 Å². The van der Waals surface area contributed by atoms with Gasteiger partial charge in [0.25, 0.3) is 11.9 Å². The van der Waals surface area contributed by atoms with Crippen LogP contribution in [0.3, 0.4) is 0 Å². The van der Waals surface area contributed by atoms with E-state index in [0.29, 0.717) is 15.1 Å². The fourth-order valence-electron chi connectivity index (χ4n) is 1.18. The van der Waals surface area contributed by atoms with Crippen molar-refractivity contribution in [2.24, 2.45) is 7.05 Å². The predicted molar refractivity (Wildman–Crippen MR) is 65.9 cm³/mol. The second-order valence-electron chi connectivity index (χ2n) is 3.18. The molecule has 8 heteroatoms. The summed E-state index contributed by atoms with van der Waals surface area (Å²) in [4.78, 5) is 13.1. The Morgan fingerprint density at radius 3 is 2.88 bits per heavy atom. The summed E-state index contributed by atoms with van der Waals surface area (Å²) in [7, 11) is 1.61. The van der Waals surface area contributed by atoms with Gasteiger partial charge >= 0.3 is 0 Å². The third kappa shape index (κ3) is 2.80. The van der Waals surface area contributed by atoms with E-state index < -0.39 is 0 Å². The van der Waals surface area contributed by atoms with Crippen molar-refractivity contribution in [3.63, 3.8) is 0 Å². The van der Waals surface area contributed by atoms with Crippen molar-refractivity contribution < 1.29 is 4.79 Å². The van der Waals surface area contributed by atoms with Crippen LogP contribution < -0.4 is 5.32 Å². The van der Waals surface area contributed by atoms with Crippen LogP contribution in [0, 0.1) is 0 Å². The predicted octanol–water partition coefficient (Wildman–Crippen LogP) is 1.88. The van der Waals surface area contributed by atoms with E-state index in [1.165, 1.54) is 4.80 Å². The number of aromatic nitrogens is 4. The summed E-state index contributed by atoms with van der Waals surface area (Å²) in [6.07, 6.45) is 0. The van der Waals surface area contributed by atoms with E-state index >= 15 is 0 Å². The van der Waals surface area contributed by atoms with Crippen molar-refractivity contribution >= 4 is 39.4 Å². The average Bonchev–Trinajstić information content (AvgIpc) is 2.63. The Bertz CT molecular complexity index is 570. The van der Waals surface area contributed by atoms with Crippen molar-refractivity contribution in [3.8, 4) is 0 Å². The number of nitrogens with zero attached hydrogens (tertiary/aromatic N) is 4. The minimum atomic E-state index is -0.332. The Balaban J connectivity index is 2.20. The van der Waals surface area contributed by atoms with Gasteiger partial charge in [0.2, 0.25) is 0 Å². The molecule has 2 aromatic rings. The van der Waals surface area contributed by atoms with Gasteiger partial charge in [0.1, 0.15) is 0 Å². The summed E-state index contributed by atoms with van der Waals surface area (Å²) in [5.41, 5.74) is 0.446. The first-order valence-corrected chi connectivity index (χ1v) is 5.74. The summed E-state index contributed by atoms with van der Waals surface area (Å²) < 4.78 is 0.603. The lowest BCUT2D eigenvalue weighted by molar-refractivity contribution is 0.102. The maximum absolute atomic E-state index is 11.9. The number of carbonyl (C=O) groups is 1. The lowest BCUT2D eigenvalue weighted by Crippen LogP contribution is -2.13. The number of aryl methyl sites for hydroxylation is 1.